The van der Waals surface area contributed by atoms with E-state index in [0.717, 1.165) is 0 Å². The summed E-state index contributed by atoms with van der Waals surface area (Å²) < 4.78 is 102. The molecule has 0 saturated carbocycles. The van der Waals surface area contributed by atoms with Crippen molar-refractivity contribution in [3.05, 3.63) is 30.3 Å². The molecule has 34 heavy (non-hydrogen) atoms. The Hall–Kier alpha value is 0.0260. The summed E-state index contributed by atoms with van der Waals surface area (Å²) in [5.74, 6) is 1.32. The first-order valence-corrected chi connectivity index (χ1v) is 12.9. The Morgan fingerprint density at radius 3 is 0.794 bits per heavy atom. The van der Waals surface area contributed by atoms with Gasteiger partial charge in [-0.15, -0.1) is 0 Å². The molecule has 1 aromatic rings. The van der Waals surface area contributed by atoms with Gasteiger partial charge in [-0.1, -0.05) is 41.5 Å². The molecule has 14 heteroatoms. The summed E-state index contributed by atoms with van der Waals surface area (Å²) in [6.45, 7) is 12.7. The fourth-order valence-corrected chi connectivity index (χ4v) is 2.83. The molecule has 0 fully saturated rings. The summed E-state index contributed by atoms with van der Waals surface area (Å²) in [6, 6.07) is 10.0. The van der Waals surface area contributed by atoms with Crippen LogP contribution in [-0.4, -0.2) is 64.5 Å². The van der Waals surface area contributed by atoms with Crippen molar-refractivity contribution in [2.24, 2.45) is 17.8 Å². The van der Waals surface area contributed by atoms with Gasteiger partial charge < -0.3 is 15.3 Å². The zero-order valence-electron chi connectivity index (χ0n) is 20.0. The number of alkyl halides is 9. The van der Waals surface area contributed by atoms with Crippen molar-refractivity contribution in [1.82, 2.24) is 0 Å². The molecule has 0 aliphatic heterocycles. The third-order valence-corrected chi connectivity index (χ3v) is 6.07. The van der Waals surface area contributed by atoms with Crippen LogP contribution in [0.2, 0.25) is 0 Å². The van der Waals surface area contributed by atoms with Gasteiger partial charge in [0, 0.05) is 46.0 Å². The molecule has 1 aromatic carbocycles. The van der Waals surface area contributed by atoms with Crippen molar-refractivity contribution in [3.63, 3.8) is 0 Å². The van der Waals surface area contributed by atoms with E-state index in [1.165, 1.54) is 0 Å². The number of aliphatic hydroxyl groups excluding tert-OH is 3. The van der Waals surface area contributed by atoms with Gasteiger partial charge >= 0.3 is 68.9 Å². The Bertz CT molecular complexity index is 435. The molecule has 0 spiro atoms. The number of halogens is 9. The summed E-state index contributed by atoms with van der Waals surface area (Å²) in [4.78, 5) is 0. The first kappa shape index (κ1) is 44.1. The minimum absolute atomic E-state index is 0. The van der Waals surface area contributed by atoms with Crippen LogP contribution < -0.4 is 0 Å². The Morgan fingerprint density at radius 1 is 0.588 bits per heavy atom. The predicted octanol–water partition coefficient (Wildman–Crippen LogP) is 6.09. The SMILES string of the molecule is CC(C)CO.CC(C)CO.CC(C)CO.F[C](F)(F)[Ge]([C](F)(F)F)[C](F)(F)F.[Zr].c1cc[cH-]c1. The third kappa shape index (κ3) is 36.6. The smallest absolute Gasteiger partial charge is 0 e. The quantitative estimate of drug-likeness (QED) is 0.210. The molecule has 3 N–H and O–H groups in total. The molecule has 0 amide bonds. The minimum Gasteiger partial charge on any atom is -0.214 e. The van der Waals surface area contributed by atoms with E-state index in [-0.39, 0.29) is 26.2 Å². The Morgan fingerprint density at radius 2 is 0.765 bits per heavy atom. The van der Waals surface area contributed by atoms with Crippen LogP contribution in [0.15, 0.2) is 30.3 Å². The van der Waals surface area contributed by atoms with E-state index in [1.54, 1.807) is 0 Å². The maximum Gasteiger partial charge on any atom is 0 e. The fourth-order valence-electron chi connectivity index (χ4n) is 0.803. The van der Waals surface area contributed by atoms with Gasteiger partial charge in [-0.3, -0.25) is 0 Å². The third-order valence-electron chi connectivity index (χ3n) is 2.50. The monoisotopic (exact) mass is 658 g/mol. The molecule has 0 aliphatic rings. The molecule has 0 heterocycles. The molecule has 0 aliphatic carbocycles. The average molecular weight is 658 g/mol. The van der Waals surface area contributed by atoms with Crippen LogP contribution >= 0.6 is 0 Å². The second-order valence-corrected chi connectivity index (χ2v) is 12.7. The minimum atomic E-state index is -7.10. The Balaban J connectivity index is -0.000000112. The van der Waals surface area contributed by atoms with Gasteiger partial charge in [0.1, 0.15) is 0 Å². The second kappa shape index (κ2) is 23.4. The van der Waals surface area contributed by atoms with Crippen LogP contribution in [0.1, 0.15) is 41.5 Å². The topological polar surface area (TPSA) is 60.7 Å². The summed E-state index contributed by atoms with van der Waals surface area (Å²) in [5, 5.41) is 5.84. The van der Waals surface area contributed by atoms with Crippen LogP contribution in [0.25, 0.3) is 0 Å². The normalized spacial score (nSPS) is 11.2. The molecular formula is C20H35F9GeO3Zr-. The standard InChI is InChI=1S/C5H5.3C4H10O.C3F9Ge.Zr/c1-2-4-5-3-1;3*1-4(2)3-5;4-1(5,6)13(2(7,8)9)3(10,11)12;/h1-5H;3*4-5H,3H2,1-2H3;;/q-1;;;;;. The van der Waals surface area contributed by atoms with Crippen molar-refractivity contribution in [3.8, 4) is 0 Å². The zero-order valence-corrected chi connectivity index (χ0v) is 24.5. The van der Waals surface area contributed by atoms with E-state index >= 15 is 0 Å². The van der Waals surface area contributed by atoms with E-state index in [4.69, 9.17) is 15.3 Å². The van der Waals surface area contributed by atoms with Gasteiger partial charge in [0.25, 0.3) is 0 Å². The number of aliphatic hydroxyl groups is 3. The van der Waals surface area contributed by atoms with Gasteiger partial charge in [0.2, 0.25) is 0 Å². The van der Waals surface area contributed by atoms with Crippen LogP contribution in [0.3, 0.4) is 0 Å². The van der Waals surface area contributed by atoms with Gasteiger partial charge in [-0.05, 0) is 17.8 Å². The van der Waals surface area contributed by atoms with Crippen LogP contribution in [0.5, 0.6) is 0 Å². The summed E-state index contributed by atoms with van der Waals surface area (Å²) in [7, 11) is 0. The Labute approximate surface area is 219 Å². The molecule has 0 saturated heterocycles. The molecule has 0 bridgehead atoms. The van der Waals surface area contributed by atoms with E-state index in [1.807, 2.05) is 71.9 Å². The van der Waals surface area contributed by atoms with Crippen molar-refractivity contribution >= 4 is 14.3 Å². The first-order chi connectivity index (χ1) is 14.7. The van der Waals surface area contributed by atoms with Gasteiger partial charge in [0.15, 0.2) is 0 Å². The molecule has 3 nitrogen and oxygen atoms in total. The predicted molar refractivity (Wildman–Crippen MR) is 112 cm³/mol. The van der Waals surface area contributed by atoms with Crippen molar-refractivity contribution in [2.75, 3.05) is 19.8 Å². The number of hydrogen-bond donors (Lipinski definition) is 3. The summed E-state index contributed by atoms with van der Waals surface area (Å²) >= 11 is -7.10. The van der Waals surface area contributed by atoms with Crippen LogP contribution in [0, 0.1) is 17.8 Å². The van der Waals surface area contributed by atoms with Gasteiger partial charge in [-0.25, -0.2) is 12.1 Å². The van der Waals surface area contributed by atoms with Crippen LogP contribution in [-0.2, 0) is 26.2 Å². The molecule has 0 unspecified atom stereocenters. The molecule has 0 aromatic heterocycles. The maximum atomic E-state index is 11.3. The van der Waals surface area contributed by atoms with Gasteiger partial charge in [-0.2, -0.15) is 18.2 Å². The molecular weight excluding hydrogens is 623 g/mol. The van der Waals surface area contributed by atoms with E-state index in [2.05, 4.69) is 0 Å². The first-order valence-electron chi connectivity index (χ1n) is 9.76. The molecule has 1 radical (unpaired) electrons. The number of hydrogen-bond acceptors (Lipinski definition) is 3. The van der Waals surface area contributed by atoms with Crippen molar-refractivity contribution in [1.29, 1.82) is 0 Å². The largest absolute Gasteiger partial charge is 0.214 e. The molecule has 0 atom stereocenters. The summed E-state index contributed by atoms with van der Waals surface area (Å²) in [5.41, 5.74) is 0. The van der Waals surface area contributed by atoms with E-state index in [0.29, 0.717) is 37.6 Å². The maximum absolute atomic E-state index is 11.3. The fraction of sp³-hybridized carbons (Fsp3) is 0.750. The Kier molecular flexibility index (Phi) is 30.4. The molecule has 1 rings (SSSR count). The van der Waals surface area contributed by atoms with Crippen molar-refractivity contribution < 1.29 is 81.0 Å². The zero-order chi connectivity index (χ0) is 27.5. The van der Waals surface area contributed by atoms with Crippen molar-refractivity contribution in [2.45, 2.75) is 56.6 Å². The average Bonchev–Trinajstić information content (AvgIpc) is 3.19. The number of rotatable bonds is 3. The van der Waals surface area contributed by atoms with Crippen LogP contribution in [0.4, 0.5) is 39.5 Å². The molecule has 205 valence electrons. The van der Waals surface area contributed by atoms with E-state index in [9.17, 15) is 39.5 Å². The van der Waals surface area contributed by atoms with Gasteiger partial charge in [0.05, 0.1) is 0 Å². The van der Waals surface area contributed by atoms with E-state index < -0.39 is 29.4 Å². The summed E-state index contributed by atoms with van der Waals surface area (Å²) in [6.07, 6.45) is 0. The second-order valence-electron chi connectivity index (χ2n) is 7.56.